The lowest BCUT2D eigenvalue weighted by molar-refractivity contribution is -0.141. The summed E-state index contributed by atoms with van der Waals surface area (Å²) in [7, 11) is 0. The molecule has 4 nitrogen and oxygen atoms in total. The van der Waals surface area contributed by atoms with Crippen LogP contribution in [-0.4, -0.2) is 23.0 Å². The quantitative estimate of drug-likeness (QED) is 0.825. The van der Waals surface area contributed by atoms with E-state index in [0.29, 0.717) is 0 Å². The Bertz CT molecular complexity index is 803. The molecule has 0 aromatic heterocycles. The largest absolute Gasteiger partial charge is 0.480 e. The van der Waals surface area contributed by atoms with Crippen molar-refractivity contribution in [2.24, 2.45) is 0 Å². The van der Waals surface area contributed by atoms with Gasteiger partial charge in [-0.05, 0) is 24.1 Å². The van der Waals surface area contributed by atoms with Crippen molar-refractivity contribution in [2.75, 3.05) is 0 Å². The lowest BCUT2D eigenvalue weighted by Gasteiger charge is -2.15. The topological polar surface area (TPSA) is 66.4 Å². The molecular formula is C19H18F3NO3. The zero-order chi connectivity index (χ0) is 19.3. The molecule has 2 aromatic carbocycles. The fourth-order valence-corrected chi connectivity index (χ4v) is 2.56. The maximum atomic E-state index is 12.7. The SMILES string of the molecule is Cc1cccc(C[C@@H](NC(=O)Cc2cccc(C(F)(F)F)c2)C(=O)O)c1. The molecular weight excluding hydrogens is 347 g/mol. The Balaban J connectivity index is 2.05. The second-order valence-electron chi connectivity index (χ2n) is 6.03. The van der Waals surface area contributed by atoms with Gasteiger partial charge in [-0.1, -0.05) is 48.0 Å². The Morgan fingerprint density at radius 2 is 1.73 bits per heavy atom. The summed E-state index contributed by atoms with van der Waals surface area (Å²) in [6.07, 6.45) is -4.74. The van der Waals surface area contributed by atoms with E-state index in [4.69, 9.17) is 0 Å². The van der Waals surface area contributed by atoms with Crippen molar-refractivity contribution in [3.05, 3.63) is 70.8 Å². The van der Waals surface area contributed by atoms with Crippen LogP contribution >= 0.6 is 0 Å². The summed E-state index contributed by atoms with van der Waals surface area (Å²) < 4.78 is 38.2. The van der Waals surface area contributed by atoms with E-state index in [2.05, 4.69) is 5.32 Å². The minimum Gasteiger partial charge on any atom is -0.480 e. The van der Waals surface area contributed by atoms with Crippen LogP contribution in [0.15, 0.2) is 48.5 Å². The molecule has 2 N–H and O–H groups in total. The summed E-state index contributed by atoms with van der Waals surface area (Å²) in [5.74, 6) is -1.85. The first-order valence-electron chi connectivity index (χ1n) is 7.89. The van der Waals surface area contributed by atoms with E-state index >= 15 is 0 Å². The summed E-state index contributed by atoms with van der Waals surface area (Å²) in [5.41, 5.74) is 1.02. The number of hydrogen-bond donors (Lipinski definition) is 2. The smallest absolute Gasteiger partial charge is 0.416 e. The van der Waals surface area contributed by atoms with Crippen LogP contribution in [0.5, 0.6) is 0 Å². The van der Waals surface area contributed by atoms with Gasteiger partial charge in [-0.25, -0.2) is 4.79 Å². The average Bonchev–Trinajstić information content (AvgIpc) is 2.53. The molecule has 1 amide bonds. The first kappa shape index (κ1) is 19.5. The van der Waals surface area contributed by atoms with Crippen molar-refractivity contribution in [3.63, 3.8) is 0 Å². The number of amides is 1. The lowest BCUT2D eigenvalue weighted by atomic mass is 10.0. The zero-order valence-corrected chi connectivity index (χ0v) is 14.0. The van der Waals surface area contributed by atoms with Gasteiger partial charge in [-0.2, -0.15) is 13.2 Å². The van der Waals surface area contributed by atoms with Gasteiger partial charge in [-0.3, -0.25) is 4.79 Å². The molecule has 0 saturated heterocycles. The maximum Gasteiger partial charge on any atom is 0.416 e. The standard InChI is InChI=1S/C19H18F3NO3/c1-12-4-2-5-13(8-12)10-16(18(25)26)23-17(24)11-14-6-3-7-15(9-14)19(20,21)22/h2-9,16H,10-11H2,1H3,(H,23,24)(H,25,26)/t16-/m1/s1. The van der Waals surface area contributed by atoms with Crippen LogP contribution in [-0.2, 0) is 28.6 Å². The Hall–Kier alpha value is -2.83. The number of alkyl halides is 3. The number of nitrogens with one attached hydrogen (secondary N) is 1. The molecule has 0 unspecified atom stereocenters. The second kappa shape index (κ2) is 8.03. The molecule has 2 rings (SSSR count). The molecule has 26 heavy (non-hydrogen) atoms. The van der Waals surface area contributed by atoms with Gasteiger partial charge >= 0.3 is 12.1 Å². The Morgan fingerprint density at radius 3 is 2.35 bits per heavy atom. The number of carbonyl (C=O) groups excluding carboxylic acids is 1. The van der Waals surface area contributed by atoms with Gasteiger partial charge in [0.1, 0.15) is 6.04 Å². The number of hydrogen-bond acceptors (Lipinski definition) is 2. The van der Waals surface area contributed by atoms with Crippen molar-refractivity contribution in [1.82, 2.24) is 5.32 Å². The van der Waals surface area contributed by atoms with E-state index in [0.717, 1.165) is 23.3 Å². The van der Waals surface area contributed by atoms with Crippen molar-refractivity contribution in [3.8, 4) is 0 Å². The van der Waals surface area contributed by atoms with Gasteiger partial charge in [0.15, 0.2) is 0 Å². The Morgan fingerprint density at radius 1 is 1.08 bits per heavy atom. The normalized spacial score (nSPS) is 12.5. The number of rotatable bonds is 6. The lowest BCUT2D eigenvalue weighted by Crippen LogP contribution is -2.43. The fourth-order valence-electron chi connectivity index (χ4n) is 2.56. The molecule has 0 spiro atoms. The summed E-state index contributed by atoms with van der Waals surface area (Å²) in [4.78, 5) is 23.5. The number of benzene rings is 2. The highest BCUT2D eigenvalue weighted by atomic mass is 19.4. The monoisotopic (exact) mass is 365 g/mol. The Kier molecular flexibility index (Phi) is 6.02. The molecule has 1 atom stereocenters. The van der Waals surface area contributed by atoms with E-state index < -0.39 is 29.7 Å². The number of halogens is 3. The molecule has 0 saturated carbocycles. The predicted octanol–water partition coefficient (Wildman–Crippen LogP) is 3.37. The first-order valence-corrected chi connectivity index (χ1v) is 7.89. The zero-order valence-electron chi connectivity index (χ0n) is 14.0. The highest BCUT2D eigenvalue weighted by Crippen LogP contribution is 2.29. The molecule has 0 bridgehead atoms. The molecule has 2 aromatic rings. The van der Waals surface area contributed by atoms with Crippen LogP contribution in [0.2, 0.25) is 0 Å². The molecule has 0 fully saturated rings. The molecule has 0 heterocycles. The van der Waals surface area contributed by atoms with E-state index in [1.165, 1.54) is 12.1 Å². The highest BCUT2D eigenvalue weighted by Gasteiger charge is 2.30. The number of carbonyl (C=O) groups is 2. The number of aliphatic carboxylic acids is 1. The molecule has 0 aliphatic rings. The summed E-state index contributed by atoms with van der Waals surface area (Å²) in [5, 5.41) is 11.7. The van der Waals surface area contributed by atoms with Gasteiger partial charge in [0, 0.05) is 6.42 Å². The Labute approximate surface area is 148 Å². The number of carboxylic acid groups (broad SMARTS) is 1. The molecule has 0 aliphatic heterocycles. The van der Waals surface area contributed by atoms with Crippen molar-refractivity contribution in [2.45, 2.75) is 32.0 Å². The van der Waals surface area contributed by atoms with Crippen molar-refractivity contribution < 1.29 is 27.9 Å². The van der Waals surface area contributed by atoms with E-state index in [1.807, 2.05) is 19.1 Å². The number of carboxylic acids is 1. The highest BCUT2D eigenvalue weighted by molar-refractivity contribution is 5.85. The minimum absolute atomic E-state index is 0.0886. The third-order valence-corrected chi connectivity index (χ3v) is 3.77. The van der Waals surface area contributed by atoms with Gasteiger partial charge < -0.3 is 10.4 Å². The minimum atomic E-state index is -4.50. The summed E-state index contributed by atoms with van der Waals surface area (Å²) >= 11 is 0. The van der Waals surface area contributed by atoms with Crippen LogP contribution in [0.4, 0.5) is 13.2 Å². The van der Waals surface area contributed by atoms with E-state index in [1.54, 1.807) is 12.1 Å². The van der Waals surface area contributed by atoms with Crippen LogP contribution < -0.4 is 5.32 Å². The van der Waals surface area contributed by atoms with Crippen molar-refractivity contribution in [1.29, 1.82) is 0 Å². The summed E-state index contributed by atoms with van der Waals surface area (Å²) in [6, 6.07) is 10.5. The predicted molar refractivity (Wildman–Crippen MR) is 89.6 cm³/mol. The fraction of sp³-hybridized carbons (Fsp3) is 0.263. The summed E-state index contributed by atoms with van der Waals surface area (Å²) in [6.45, 7) is 1.87. The van der Waals surface area contributed by atoms with Crippen LogP contribution in [0.1, 0.15) is 22.3 Å². The average molecular weight is 365 g/mol. The van der Waals surface area contributed by atoms with Gasteiger partial charge in [0.25, 0.3) is 0 Å². The molecule has 0 radical (unpaired) electrons. The van der Waals surface area contributed by atoms with Crippen LogP contribution in [0.25, 0.3) is 0 Å². The van der Waals surface area contributed by atoms with Gasteiger partial charge in [-0.15, -0.1) is 0 Å². The third-order valence-electron chi connectivity index (χ3n) is 3.77. The van der Waals surface area contributed by atoms with Gasteiger partial charge in [0.05, 0.1) is 12.0 Å². The molecule has 138 valence electrons. The van der Waals surface area contributed by atoms with Crippen molar-refractivity contribution >= 4 is 11.9 Å². The van der Waals surface area contributed by atoms with Crippen LogP contribution in [0.3, 0.4) is 0 Å². The van der Waals surface area contributed by atoms with E-state index in [-0.39, 0.29) is 18.4 Å². The molecule has 7 heteroatoms. The van der Waals surface area contributed by atoms with Gasteiger partial charge in [0.2, 0.25) is 5.91 Å². The second-order valence-corrected chi connectivity index (χ2v) is 6.03. The maximum absolute atomic E-state index is 12.7. The van der Waals surface area contributed by atoms with Crippen LogP contribution in [0, 0.1) is 6.92 Å². The molecule has 0 aliphatic carbocycles. The number of aryl methyl sites for hydroxylation is 1. The van der Waals surface area contributed by atoms with E-state index in [9.17, 15) is 27.9 Å². The third kappa shape index (κ3) is 5.61. The first-order chi connectivity index (χ1) is 12.1.